The Balaban J connectivity index is 1.51. The molecule has 2 N–H and O–H groups in total. The summed E-state index contributed by atoms with van der Waals surface area (Å²) in [6.45, 7) is 0. The van der Waals surface area contributed by atoms with Crippen molar-refractivity contribution in [3.63, 3.8) is 0 Å². The number of carbonyl (C=O) groups is 1. The first-order chi connectivity index (χ1) is 16.9. The zero-order valence-electron chi connectivity index (χ0n) is 19.9. The molecule has 0 radical (unpaired) electrons. The first-order valence-electron chi connectivity index (χ1n) is 12.5. The van der Waals surface area contributed by atoms with Gasteiger partial charge >= 0.3 is 0 Å². The normalized spacial score (nSPS) is 24.8. The van der Waals surface area contributed by atoms with E-state index in [1.54, 1.807) is 12.1 Å². The SMILES string of the molecule is CNC(=O)c1nccc2[nH]c([C@H]3CC[C@@H](c4ccccc4)CC3C3CCC(F)(F)CC3)cc(=O)c12. The summed E-state index contributed by atoms with van der Waals surface area (Å²) < 4.78 is 28.0. The molecule has 2 saturated carbocycles. The highest BCUT2D eigenvalue weighted by Gasteiger charge is 2.43. The van der Waals surface area contributed by atoms with Gasteiger partial charge in [-0.3, -0.25) is 14.6 Å². The third kappa shape index (κ3) is 4.73. The van der Waals surface area contributed by atoms with Gasteiger partial charge in [-0.25, -0.2) is 8.78 Å². The van der Waals surface area contributed by atoms with Gasteiger partial charge in [0.1, 0.15) is 5.69 Å². The fourth-order valence-corrected chi connectivity index (χ4v) is 6.34. The molecule has 1 amide bonds. The highest BCUT2D eigenvalue weighted by atomic mass is 19.3. The summed E-state index contributed by atoms with van der Waals surface area (Å²) in [6, 6.07) is 13.8. The van der Waals surface area contributed by atoms with Crippen molar-refractivity contribution >= 4 is 16.8 Å². The van der Waals surface area contributed by atoms with E-state index in [4.69, 9.17) is 0 Å². The van der Waals surface area contributed by atoms with E-state index in [9.17, 15) is 18.4 Å². The number of nitrogens with zero attached hydrogens (tertiary/aromatic N) is 1. The predicted octanol–water partition coefficient (Wildman–Crippen LogP) is 5.78. The van der Waals surface area contributed by atoms with Crippen LogP contribution in [0.5, 0.6) is 0 Å². The van der Waals surface area contributed by atoms with Crippen molar-refractivity contribution in [2.45, 2.75) is 62.7 Å². The Labute approximate surface area is 203 Å². The summed E-state index contributed by atoms with van der Waals surface area (Å²) in [5.41, 5.74) is 2.59. The van der Waals surface area contributed by atoms with Gasteiger partial charge in [0, 0.05) is 43.8 Å². The molecule has 0 saturated heterocycles. The topological polar surface area (TPSA) is 74.8 Å². The average Bonchev–Trinajstić information content (AvgIpc) is 2.88. The van der Waals surface area contributed by atoms with Crippen LogP contribution in [0, 0.1) is 11.8 Å². The molecule has 3 atom stereocenters. The van der Waals surface area contributed by atoms with Gasteiger partial charge in [-0.05, 0) is 61.5 Å². The Hall–Kier alpha value is -3.09. The Bertz CT molecular complexity index is 1260. The summed E-state index contributed by atoms with van der Waals surface area (Å²) in [7, 11) is 1.51. The highest BCUT2D eigenvalue weighted by Crippen LogP contribution is 2.51. The zero-order chi connectivity index (χ0) is 24.6. The molecule has 3 aromatic rings. The van der Waals surface area contributed by atoms with Crippen molar-refractivity contribution in [3.8, 4) is 0 Å². The molecule has 2 fully saturated rings. The van der Waals surface area contributed by atoms with Gasteiger partial charge < -0.3 is 10.3 Å². The minimum atomic E-state index is -2.57. The molecule has 0 aliphatic heterocycles. The van der Waals surface area contributed by atoms with Crippen LogP contribution in [-0.2, 0) is 0 Å². The van der Waals surface area contributed by atoms with Crippen LogP contribution in [0.3, 0.4) is 0 Å². The van der Waals surface area contributed by atoms with Crippen molar-refractivity contribution in [1.29, 1.82) is 0 Å². The number of hydrogen-bond donors (Lipinski definition) is 2. The van der Waals surface area contributed by atoms with E-state index in [2.05, 4.69) is 39.6 Å². The maximum absolute atomic E-state index is 14.0. The molecule has 1 aromatic carbocycles. The summed E-state index contributed by atoms with van der Waals surface area (Å²) >= 11 is 0. The minimum absolute atomic E-state index is 0.0632. The van der Waals surface area contributed by atoms with Crippen LogP contribution in [-0.4, -0.2) is 28.8 Å². The third-order valence-electron chi connectivity index (χ3n) is 8.14. The number of pyridine rings is 2. The standard InChI is InChI=1S/C28H31F2N3O2/c1-31-27(35)26-25-22(11-14-32-26)33-23(16-24(25)34)20-8-7-19(17-5-3-2-4-6-17)15-21(20)18-9-12-28(29,30)13-10-18/h2-6,11,14,16,18-21H,7-10,12-13,15H2,1H3,(H,31,35)(H,33,34)/t19-,20+,21?/m1/s1. The number of fused-ring (bicyclic) bond motifs is 1. The first-order valence-corrected chi connectivity index (χ1v) is 12.5. The van der Waals surface area contributed by atoms with E-state index in [1.807, 2.05) is 6.07 Å². The molecule has 2 aromatic heterocycles. The monoisotopic (exact) mass is 479 g/mol. The second kappa shape index (κ2) is 9.51. The van der Waals surface area contributed by atoms with Gasteiger partial charge in [0.05, 0.1) is 10.9 Å². The fourth-order valence-electron chi connectivity index (χ4n) is 6.34. The number of carbonyl (C=O) groups excluding carboxylic acids is 1. The summed E-state index contributed by atoms with van der Waals surface area (Å²) in [5.74, 6) is -2.10. The van der Waals surface area contributed by atoms with Crippen LogP contribution in [0.4, 0.5) is 8.78 Å². The van der Waals surface area contributed by atoms with Crippen LogP contribution in [0.15, 0.2) is 53.5 Å². The van der Waals surface area contributed by atoms with Gasteiger partial charge in [0.15, 0.2) is 5.43 Å². The molecule has 35 heavy (non-hydrogen) atoms. The zero-order valence-corrected chi connectivity index (χ0v) is 19.9. The molecular weight excluding hydrogens is 448 g/mol. The predicted molar refractivity (Wildman–Crippen MR) is 132 cm³/mol. The van der Waals surface area contributed by atoms with Crippen molar-refractivity contribution in [1.82, 2.24) is 15.3 Å². The second-order valence-electron chi connectivity index (χ2n) is 10.1. The lowest BCUT2D eigenvalue weighted by Gasteiger charge is -2.43. The molecule has 2 heterocycles. The first kappa shape index (κ1) is 23.6. The number of halogens is 2. The summed E-state index contributed by atoms with van der Waals surface area (Å²) in [5, 5.41) is 2.82. The van der Waals surface area contributed by atoms with Gasteiger partial charge in [-0.15, -0.1) is 0 Å². The van der Waals surface area contributed by atoms with Gasteiger partial charge in [-0.2, -0.15) is 0 Å². The quantitative estimate of drug-likeness (QED) is 0.498. The number of amides is 1. The molecule has 2 aliphatic rings. The minimum Gasteiger partial charge on any atom is -0.358 e. The molecule has 184 valence electrons. The van der Waals surface area contributed by atoms with Crippen LogP contribution in [0.2, 0.25) is 0 Å². The van der Waals surface area contributed by atoms with Crippen molar-refractivity contribution in [3.05, 3.63) is 75.8 Å². The lowest BCUT2D eigenvalue weighted by molar-refractivity contribution is -0.0563. The van der Waals surface area contributed by atoms with E-state index in [1.165, 1.54) is 18.8 Å². The number of nitrogens with one attached hydrogen (secondary N) is 2. The molecule has 0 bridgehead atoms. The van der Waals surface area contributed by atoms with Crippen LogP contribution < -0.4 is 10.7 Å². The van der Waals surface area contributed by atoms with E-state index in [0.29, 0.717) is 24.3 Å². The number of H-pyrrole nitrogens is 1. The fraction of sp³-hybridized carbons (Fsp3) is 0.464. The largest absolute Gasteiger partial charge is 0.358 e. The van der Waals surface area contributed by atoms with Gasteiger partial charge in [0.2, 0.25) is 5.92 Å². The summed E-state index contributed by atoms with van der Waals surface area (Å²) in [4.78, 5) is 33.0. The number of aromatic amines is 1. The molecule has 7 heteroatoms. The van der Waals surface area contributed by atoms with E-state index >= 15 is 0 Å². The van der Waals surface area contributed by atoms with Crippen molar-refractivity contribution in [2.24, 2.45) is 11.8 Å². The van der Waals surface area contributed by atoms with Crippen LogP contribution >= 0.6 is 0 Å². The number of hydrogen-bond acceptors (Lipinski definition) is 3. The highest BCUT2D eigenvalue weighted by molar-refractivity contribution is 6.04. The average molecular weight is 480 g/mol. The van der Waals surface area contributed by atoms with E-state index in [0.717, 1.165) is 25.0 Å². The second-order valence-corrected chi connectivity index (χ2v) is 10.1. The summed E-state index contributed by atoms with van der Waals surface area (Å²) in [6.07, 6.45) is 5.21. The number of alkyl halides is 2. The number of rotatable bonds is 4. The maximum Gasteiger partial charge on any atom is 0.270 e. The lowest BCUT2D eigenvalue weighted by atomic mass is 9.63. The van der Waals surface area contributed by atoms with Crippen LogP contribution in [0.1, 0.15) is 78.5 Å². The maximum atomic E-state index is 14.0. The Kier molecular flexibility index (Phi) is 6.43. The van der Waals surface area contributed by atoms with Gasteiger partial charge in [-0.1, -0.05) is 30.3 Å². The molecule has 5 nitrogen and oxygen atoms in total. The molecule has 0 spiro atoms. The molecule has 2 aliphatic carbocycles. The van der Waals surface area contributed by atoms with Crippen molar-refractivity contribution < 1.29 is 13.6 Å². The molecule has 1 unspecified atom stereocenters. The third-order valence-corrected chi connectivity index (χ3v) is 8.14. The smallest absolute Gasteiger partial charge is 0.270 e. The number of benzene rings is 1. The molecular formula is C28H31F2N3O2. The van der Waals surface area contributed by atoms with Crippen molar-refractivity contribution in [2.75, 3.05) is 7.05 Å². The van der Waals surface area contributed by atoms with E-state index in [-0.39, 0.29) is 47.1 Å². The van der Waals surface area contributed by atoms with Crippen LogP contribution in [0.25, 0.3) is 10.9 Å². The van der Waals surface area contributed by atoms with Gasteiger partial charge in [0.25, 0.3) is 5.91 Å². The lowest BCUT2D eigenvalue weighted by Crippen LogP contribution is -2.34. The Morgan fingerprint density at radius 1 is 1.09 bits per heavy atom. The Morgan fingerprint density at radius 3 is 2.54 bits per heavy atom. The number of aromatic nitrogens is 2. The van der Waals surface area contributed by atoms with E-state index < -0.39 is 11.8 Å². The molecule has 5 rings (SSSR count). The Morgan fingerprint density at radius 2 is 1.83 bits per heavy atom.